The van der Waals surface area contributed by atoms with E-state index in [4.69, 9.17) is 4.74 Å². The first kappa shape index (κ1) is 17.0. The molecule has 8 heteroatoms. The van der Waals surface area contributed by atoms with Crippen molar-refractivity contribution >= 4 is 23.2 Å². The van der Waals surface area contributed by atoms with E-state index in [9.17, 15) is 9.59 Å². The van der Waals surface area contributed by atoms with Crippen LogP contribution in [0.15, 0.2) is 29.2 Å². The minimum atomic E-state index is -0.0673. The Morgan fingerprint density at radius 2 is 2.27 bits per heavy atom. The molecule has 2 aromatic rings. The SMILES string of the molecule is COc1ncccc1CCN1C(=O)C[C@H]2[C@@H]1CCN2C(=O)c1cscn1. The number of carbonyl (C=O) groups is 2. The van der Waals surface area contributed by atoms with Crippen LogP contribution in [0.2, 0.25) is 0 Å². The molecule has 2 aliphatic heterocycles. The summed E-state index contributed by atoms with van der Waals surface area (Å²) in [4.78, 5) is 37.3. The van der Waals surface area contributed by atoms with Gasteiger partial charge in [0.15, 0.2) is 0 Å². The standard InChI is InChI=1S/C18H20N4O3S/c1-25-17-12(3-2-6-19-17)4-7-21-14-5-8-22(15(14)9-16(21)23)18(24)13-10-26-11-20-13/h2-3,6,10-11,14-15H,4-5,7-9H2,1H3/t14-,15-/m0/s1. The number of carbonyl (C=O) groups excluding carboxylic acids is 2. The molecular weight excluding hydrogens is 352 g/mol. The summed E-state index contributed by atoms with van der Waals surface area (Å²) in [6.07, 6.45) is 3.59. The number of nitrogens with zero attached hydrogens (tertiary/aromatic N) is 4. The molecule has 0 N–H and O–H groups in total. The molecule has 0 aliphatic carbocycles. The minimum Gasteiger partial charge on any atom is -0.481 e. The molecular formula is C18H20N4O3S. The van der Waals surface area contributed by atoms with Crippen LogP contribution < -0.4 is 4.74 Å². The van der Waals surface area contributed by atoms with Crippen LogP contribution in [-0.4, -0.2) is 63.9 Å². The van der Waals surface area contributed by atoms with Gasteiger partial charge in [-0.05, 0) is 18.9 Å². The third-order valence-corrected chi connectivity index (χ3v) is 5.78. The van der Waals surface area contributed by atoms with Crippen LogP contribution in [0, 0.1) is 0 Å². The molecule has 26 heavy (non-hydrogen) atoms. The van der Waals surface area contributed by atoms with Crippen molar-refractivity contribution in [2.75, 3.05) is 20.2 Å². The number of pyridine rings is 1. The molecule has 4 rings (SSSR count). The monoisotopic (exact) mass is 372 g/mol. The normalized spacial score (nSPS) is 22.0. The van der Waals surface area contributed by atoms with E-state index in [2.05, 4.69) is 9.97 Å². The number of hydrogen-bond donors (Lipinski definition) is 0. The highest BCUT2D eigenvalue weighted by Gasteiger charge is 2.48. The van der Waals surface area contributed by atoms with E-state index in [-0.39, 0.29) is 23.9 Å². The smallest absolute Gasteiger partial charge is 0.273 e. The van der Waals surface area contributed by atoms with Crippen molar-refractivity contribution in [3.63, 3.8) is 0 Å². The lowest BCUT2D eigenvalue weighted by Gasteiger charge is -2.25. The number of methoxy groups -OCH3 is 1. The highest BCUT2D eigenvalue weighted by molar-refractivity contribution is 7.07. The molecule has 0 radical (unpaired) electrons. The molecule has 4 heterocycles. The average molecular weight is 372 g/mol. The molecule has 2 amide bonds. The summed E-state index contributed by atoms with van der Waals surface area (Å²) in [7, 11) is 1.60. The average Bonchev–Trinajstić information content (AvgIpc) is 3.37. The van der Waals surface area contributed by atoms with Crippen molar-refractivity contribution in [2.24, 2.45) is 0 Å². The van der Waals surface area contributed by atoms with Crippen molar-refractivity contribution in [2.45, 2.75) is 31.3 Å². The van der Waals surface area contributed by atoms with Gasteiger partial charge < -0.3 is 14.5 Å². The van der Waals surface area contributed by atoms with Crippen molar-refractivity contribution < 1.29 is 14.3 Å². The first-order valence-electron chi connectivity index (χ1n) is 8.65. The number of fused-ring (bicyclic) bond motifs is 1. The Bertz CT molecular complexity index is 811. The molecule has 136 valence electrons. The number of amides is 2. The van der Waals surface area contributed by atoms with Gasteiger partial charge in [0.1, 0.15) is 5.69 Å². The van der Waals surface area contributed by atoms with Gasteiger partial charge in [0, 0.05) is 36.7 Å². The maximum atomic E-state index is 12.6. The number of rotatable bonds is 5. The van der Waals surface area contributed by atoms with Gasteiger partial charge in [-0.1, -0.05) is 6.07 Å². The fraction of sp³-hybridized carbons (Fsp3) is 0.444. The quantitative estimate of drug-likeness (QED) is 0.797. The third-order valence-electron chi connectivity index (χ3n) is 5.19. The Labute approximate surface area is 155 Å². The summed E-state index contributed by atoms with van der Waals surface area (Å²) in [5, 5.41) is 1.76. The van der Waals surface area contributed by atoms with Crippen LogP contribution in [0.1, 0.15) is 28.9 Å². The molecule has 0 bridgehead atoms. The van der Waals surface area contributed by atoms with Gasteiger partial charge in [0.2, 0.25) is 11.8 Å². The summed E-state index contributed by atoms with van der Waals surface area (Å²) >= 11 is 1.41. The van der Waals surface area contributed by atoms with Crippen LogP contribution in [0.25, 0.3) is 0 Å². The molecule has 2 fully saturated rings. The zero-order valence-corrected chi connectivity index (χ0v) is 15.3. The Morgan fingerprint density at radius 3 is 3.04 bits per heavy atom. The number of hydrogen-bond acceptors (Lipinski definition) is 6. The first-order chi connectivity index (χ1) is 12.7. The van der Waals surface area contributed by atoms with Crippen LogP contribution in [0.4, 0.5) is 0 Å². The predicted octanol–water partition coefficient (Wildman–Crippen LogP) is 1.60. The van der Waals surface area contributed by atoms with E-state index in [1.165, 1.54) is 11.3 Å². The molecule has 2 atom stereocenters. The Balaban J connectivity index is 1.45. The second-order valence-electron chi connectivity index (χ2n) is 6.51. The second kappa shape index (κ2) is 7.03. The molecule has 0 saturated carbocycles. The van der Waals surface area contributed by atoms with Gasteiger partial charge in [-0.15, -0.1) is 11.3 Å². The largest absolute Gasteiger partial charge is 0.481 e. The molecule has 0 unspecified atom stereocenters. The van der Waals surface area contributed by atoms with Gasteiger partial charge in [0.25, 0.3) is 5.91 Å². The van der Waals surface area contributed by atoms with Crippen LogP contribution in [0.3, 0.4) is 0 Å². The van der Waals surface area contributed by atoms with Gasteiger partial charge in [-0.3, -0.25) is 9.59 Å². The molecule has 0 spiro atoms. The third kappa shape index (κ3) is 2.94. The van der Waals surface area contributed by atoms with Gasteiger partial charge in [-0.25, -0.2) is 9.97 Å². The number of aromatic nitrogens is 2. The van der Waals surface area contributed by atoms with Crippen LogP contribution in [0.5, 0.6) is 5.88 Å². The second-order valence-corrected chi connectivity index (χ2v) is 7.23. The molecule has 2 saturated heterocycles. The lowest BCUT2D eigenvalue weighted by Crippen LogP contribution is -2.40. The lowest BCUT2D eigenvalue weighted by molar-refractivity contribution is -0.129. The topological polar surface area (TPSA) is 75.6 Å². The van der Waals surface area contributed by atoms with Crippen molar-refractivity contribution in [3.05, 3.63) is 40.5 Å². The number of ether oxygens (including phenoxy) is 1. The zero-order chi connectivity index (χ0) is 18.1. The lowest BCUT2D eigenvalue weighted by atomic mass is 10.1. The van der Waals surface area contributed by atoms with E-state index >= 15 is 0 Å². The highest BCUT2D eigenvalue weighted by Crippen LogP contribution is 2.33. The molecule has 2 aromatic heterocycles. The van der Waals surface area contributed by atoms with Crippen molar-refractivity contribution in [3.8, 4) is 5.88 Å². The Morgan fingerprint density at radius 1 is 1.38 bits per heavy atom. The maximum absolute atomic E-state index is 12.6. The first-order valence-corrected chi connectivity index (χ1v) is 9.60. The summed E-state index contributed by atoms with van der Waals surface area (Å²) in [6, 6.07) is 3.88. The predicted molar refractivity (Wildman–Crippen MR) is 96.2 cm³/mol. The fourth-order valence-corrected chi connectivity index (χ4v) is 4.50. The zero-order valence-electron chi connectivity index (χ0n) is 14.5. The Kier molecular flexibility index (Phi) is 4.58. The summed E-state index contributed by atoms with van der Waals surface area (Å²) < 4.78 is 5.29. The maximum Gasteiger partial charge on any atom is 0.273 e. The van der Waals surface area contributed by atoms with Crippen LogP contribution in [-0.2, 0) is 11.2 Å². The number of likely N-dealkylation sites (tertiary alicyclic amines) is 2. The summed E-state index contributed by atoms with van der Waals surface area (Å²) in [5.41, 5.74) is 3.12. The highest BCUT2D eigenvalue weighted by atomic mass is 32.1. The number of thiazole rings is 1. The van der Waals surface area contributed by atoms with Gasteiger partial charge in [0.05, 0.1) is 24.7 Å². The van der Waals surface area contributed by atoms with E-state index in [1.807, 2.05) is 21.9 Å². The molecule has 0 aromatic carbocycles. The van der Waals surface area contributed by atoms with Gasteiger partial charge >= 0.3 is 0 Å². The fourth-order valence-electron chi connectivity index (χ4n) is 3.98. The van der Waals surface area contributed by atoms with E-state index in [0.717, 1.165) is 12.0 Å². The van der Waals surface area contributed by atoms with E-state index < -0.39 is 0 Å². The summed E-state index contributed by atoms with van der Waals surface area (Å²) in [5.74, 6) is 0.642. The summed E-state index contributed by atoms with van der Waals surface area (Å²) in [6.45, 7) is 1.28. The Hall–Kier alpha value is -2.48. The van der Waals surface area contributed by atoms with Gasteiger partial charge in [-0.2, -0.15) is 0 Å². The minimum absolute atomic E-state index is 0.0486. The van der Waals surface area contributed by atoms with Crippen molar-refractivity contribution in [1.82, 2.24) is 19.8 Å². The van der Waals surface area contributed by atoms with E-state index in [0.29, 0.717) is 37.5 Å². The van der Waals surface area contributed by atoms with E-state index in [1.54, 1.807) is 24.2 Å². The van der Waals surface area contributed by atoms with Crippen LogP contribution >= 0.6 is 11.3 Å². The molecule has 7 nitrogen and oxygen atoms in total. The van der Waals surface area contributed by atoms with Crippen molar-refractivity contribution in [1.29, 1.82) is 0 Å². The molecule has 2 aliphatic rings.